The highest BCUT2D eigenvalue weighted by molar-refractivity contribution is 5.55. The minimum Gasteiger partial charge on any atom is -0.389 e. The van der Waals surface area contributed by atoms with Gasteiger partial charge in [0.2, 0.25) is 0 Å². The van der Waals surface area contributed by atoms with E-state index in [9.17, 15) is 18.3 Å². The molecule has 0 fully saturated rings. The summed E-state index contributed by atoms with van der Waals surface area (Å²) in [5.74, 6) is 0. The second-order valence-corrected chi connectivity index (χ2v) is 4.57. The number of aliphatic hydroxyl groups excluding tert-OH is 1. The van der Waals surface area contributed by atoms with Gasteiger partial charge in [0.1, 0.15) is 6.54 Å². The maximum atomic E-state index is 12.6. The number of anilines is 1. The zero-order valence-electron chi connectivity index (χ0n) is 10.7. The van der Waals surface area contributed by atoms with Gasteiger partial charge in [0.25, 0.3) is 0 Å². The summed E-state index contributed by atoms with van der Waals surface area (Å²) in [6.07, 6.45) is -5.06. The van der Waals surface area contributed by atoms with Crippen LogP contribution in [0, 0.1) is 0 Å². The third-order valence-electron chi connectivity index (χ3n) is 2.67. The average Bonchev–Trinajstić information content (AvgIpc) is 2.24. The number of alkyl halides is 3. The molecule has 0 heterocycles. The molecule has 1 N–H and O–H groups in total. The summed E-state index contributed by atoms with van der Waals surface area (Å²) in [7, 11) is 0. The van der Waals surface area contributed by atoms with Crippen LogP contribution in [0.2, 0.25) is 0 Å². The van der Waals surface area contributed by atoms with Gasteiger partial charge in [-0.05, 0) is 26.8 Å². The van der Waals surface area contributed by atoms with Crippen molar-refractivity contribution in [1.29, 1.82) is 0 Å². The first-order chi connectivity index (χ1) is 8.22. The Balaban J connectivity index is 3.14. The van der Waals surface area contributed by atoms with Gasteiger partial charge in [-0.15, -0.1) is 0 Å². The lowest BCUT2D eigenvalue weighted by Gasteiger charge is -2.32. The Morgan fingerprint density at radius 2 is 1.72 bits per heavy atom. The number of nitrogens with zero attached hydrogens (tertiary/aromatic N) is 1. The average molecular weight is 261 g/mol. The summed E-state index contributed by atoms with van der Waals surface area (Å²) < 4.78 is 37.7. The Kier molecular flexibility index (Phi) is 4.62. The highest BCUT2D eigenvalue weighted by Crippen LogP contribution is 2.30. The van der Waals surface area contributed by atoms with Crippen LogP contribution in [0.5, 0.6) is 0 Å². The summed E-state index contributed by atoms with van der Waals surface area (Å²) in [5, 5.41) is 9.63. The van der Waals surface area contributed by atoms with Crippen LogP contribution in [0.25, 0.3) is 0 Å². The summed E-state index contributed by atoms with van der Waals surface area (Å²) in [6, 6.07) is 6.33. The number of rotatable bonds is 4. The molecule has 0 saturated carbocycles. The second-order valence-electron chi connectivity index (χ2n) is 4.57. The first-order valence-electron chi connectivity index (χ1n) is 5.82. The van der Waals surface area contributed by atoms with Gasteiger partial charge in [-0.2, -0.15) is 13.2 Å². The fraction of sp³-hybridized carbons (Fsp3) is 0.538. The lowest BCUT2D eigenvalue weighted by molar-refractivity contribution is -0.120. The highest BCUT2D eigenvalue weighted by atomic mass is 19.4. The van der Waals surface area contributed by atoms with Crippen molar-refractivity contribution in [3.8, 4) is 0 Å². The van der Waals surface area contributed by atoms with Crippen LogP contribution in [0.1, 0.15) is 32.4 Å². The van der Waals surface area contributed by atoms with Crippen molar-refractivity contribution in [2.75, 3.05) is 11.4 Å². The summed E-state index contributed by atoms with van der Waals surface area (Å²) in [6.45, 7) is 3.93. The Morgan fingerprint density at radius 1 is 1.17 bits per heavy atom. The van der Waals surface area contributed by atoms with E-state index in [0.29, 0.717) is 11.3 Å². The minimum atomic E-state index is -4.27. The fourth-order valence-corrected chi connectivity index (χ4v) is 1.84. The number of para-hydroxylation sites is 1. The van der Waals surface area contributed by atoms with E-state index < -0.39 is 18.8 Å². The van der Waals surface area contributed by atoms with Crippen LogP contribution in [0.15, 0.2) is 24.3 Å². The third kappa shape index (κ3) is 3.91. The maximum Gasteiger partial charge on any atom is 0.405 e. The molecule has 1 aromatic carbocycles. The molecular formula is C13H18F3NO. The Morgan fingerprint density at radius 3 is 2.17 bits per heavy atom. The number of halogens is 3. The SMILES string of the molecule is CC(O)c1ccccc1N(CC(F)(F)F)C(C)C. The van der Waals surface area contributed by atoms with Crippen molar-refractivity contribution in [3.05, 3.63) is 29.8 Å². The van der Waals surface area contributed by atoms with Crippen LogP contribution in [0.3, 0.4) is 0 Å². The lowest BCUT2D eigenvalue weighted by Crippen LogP contribution is -2.39. The molecule has 0 radical (unpaired) electrons. The van der Waals surface area contributed by atoms with E-state index in [-0.39, 0.29) is 6.04 Å². The minimum absolute atomic E-state index is 0.300. The summed E-state index contributed by atoms with van der Waals surface area (Å²) >= 11 is 0. The van der Waals surface area contributed by atoms with Crippen LogP contribution in [0.4, 0.5) is 18.9 Å². The van der Waals surface area contributed by atoms with Gasteiger partial charge in [0.15, 0.2) is 0 Å². The van der Waals surface area contributed by atoms with Gasteiger partial charge >= 0.3 is 6.18 Å². The van der Waals surface area contributed by atoms with Gasteiger partial charge in [-0.1, -0.05) is 18.2 Å². The van der Waals surface area contributed by atoms with Crippen molar-refractivity contribution in [2.45, 2.75) is 39.1 Å². The molecule has 0 bridgehead atoms. The van der Waals surface area contributed by atoms with Crippen LogP contribution < -0.4 is 4.90 Å². The molecule has 0 aliphatic rings. The highest BCUT2D eigenvalue weighted by Gasteiger charge is 2.32. The molecule has 5 heteroatoms. The van der Waals surface area contributed by atoms with E-state index in [4.69, 9.17) is 0 Å². The summed E-state index contributed by atoms with van der Waals surface area (Å²) in [5.41, 5.74) is 0.940. The van der Waals surface area contributed by atoms with E-state index in [0.717, 1.165) is 0 Å². The maximum absolute atomic E-state index is 12.6. The smallest absolute Gasteiger partial charge is 0.389 e. The number of aliphatic hydroxyl groups is 1. The van der Waals surface area contributed by atoms with Gasteiger partial charge in [-0.3, -0.25) is 0 Å². The van der Waals surface area contributed by atoms with E-state index in [1.54, 1.807) is 45.0 Å². The fourth-order valence-electron chi connectivity index (χ4n) is 1.84. The van der Waals surface area contributed by atoms with Crippen molar-refractivity contribution in [3.63, 3.8) is 0 Å². The first kappa shape index (κ1) is 14.8. The normalized spacial score (nSPS) is 13.8. The quantitative estimate of drug-likeness (QED) is 0.896. The second kappa shape index (κ2) is 5.61. The van der Waals surface area contributed by atoms with Gasteiger partial charge in [0.05, 0.1) is 6.10 Å². The van der Waals surface area contributed by atoms with Gasteiger partial charge in [-0.25, -0.2) is 0 Å². The largest absolute Gasteiger partial charge is 0.405 e. The Hall–Kier alpha value is -1.23. The Labute approximate surface area is 105 Å². The first-order valence-corrected chi connectivity index (χ1v) is 5.82. The number of hydrogen-bond acceptors (Lipinski definition) is 2. The van der Waals surface area contributed by atoms with E-state index >= 15 is 0 Å². The predicted molar refractivity (Wildman–Crippen MR) is 65.6 cm³/mol. The zero-order valence-corrected chi connectivity index (χ0v) is 10.7. The van der Waals surface area contributed by atoms with Crippen molar-refractivity contribution in [1.82, 2.24) is 0 Å². The van der Waals surface area contributed by atoms with Gasteiger partial charge < -0.3 is 10.0 Å². The predicted octanol–water partition coefficient (Wildman–Crippen LogP) is 3.52. The molecule has 1 unspecified atom stereocenters. The van der Waals surface area contributed by atoms with Crippen molar-refractivity contribution < 1.29 is 18.3 Å². The lowest BCUT2D eigenvalue weighted by atomic mass is 10.1. The van der Waals surface area contributed by atoms with Crippen LogP contribution >= 0.6 is 0 Å². The number of benzene rings is 1. The molecule has 18 heavy (non-hydrogen) atoms. The van der Waals surface area contributed by atoms with Crippen LogP contribution in [-0.2, 0) is 0 Å². The van der Waals surface area contributed by atoms with Crippen LogP contribution in [-0.4, -0.2) is 23.9 Å². The van der Waals surface area contributed by atoms with Crippen molar-refractivity contribution >= 4 is 5.69 Å². The molecule has 0 amide bonds. The molecular weight excluding hydrogens is 243 g/mol. The molecule has 0 aromatic heterocycles. The van der Waals surface area contributed by atoms with Crippen molar-refractivity contribution in [2.24, 2.45) is 0 Å². The van der Waals surface area contributed by atoms with E-state index in [1.807, 2.05) is 0 Å². The molecule has 2 nitrogen and oxygen atoms in total. The third-order valence-corrected chi connectivity index (χ3v) is 2.67. The number of hydrogen-bond donors (Lipinski definition) is 1. The Bertz CT molecular complexity index is 388. The standard InChI is InChI=1S/C13H18F3NO/c1-9(2)17(8-13(14,15)16)12-7-5-4-6-11(12)10(3)18/h4-7,9-10,18H,8H2,1-3H3. The zero-order chi connectivity index (χ0) is 13.9. The van der Waals surface area contributed by atoms with Gasteiger partial charge in [0, 0.05) is 17.3 Å². The topological polar surface area (TPSA) is 23.5 Å². The monoisotopic (exact) mass is 261 g/mol. The molecule has 1 aromatic rings. The molecule has 0 saturated heterocycles. The molecule has 1 rings (SSSR count). The van der Waals surface area contributed by atoms with E-state index in [1.165, 1.54) is 4.90 Å². The molecule has 0 spiro atoms. The summed E-state index contributed by atoms with van der Waals surface area (Å²) in [4.78, 5) is 1.25. The molecule has 1 atom stereocenters. The molecule has 102 valence electrons. The van der Waals surface area contributed by atoms with E-state index in [2.05, 4.69) is 0 Å². The molecule has 0 aliphatic carbocycles. The molecule has 0 aliphatic heterocycles.